The third-order valence-electron chi connectivity index (χ3n) is 5.88. The number of hydrogen-bond donors (Lipinski definition) is 3. The minimum atomic E-state index is -1.66. The van der Waals surface area contributed by atoms with Crippen molar-refractivity contribution in [3.63, 3.8) is 0 Å². The summed E-state index contributed by atoms with van der Waals surface area (Å²) in [6.45, 7) is 1.07. The highest BCUT2D eigenvalue weighted by atomic mass is 35.5. The van der Waals surface area contributed by atoms with Gasteiger partial charge in [0, 0.05) is 24.6 Å². The van der Waals surface area contributed by atoms with Crippen molar-refractivity contribution in [1.82, 2.24) is 0 Å². The Morgan fingerprint density at radius 3 is 2.05 bits per heavy atom. The number of halogens is 9. The second kappa shape index (κ2) is 11.3. The quantitative estimate of drug-likeness (QED) is 0.143. The minimum Gasteiger partial charge on any atom is -0.326 e. The summed E-state index contributed by atoms with van der Waals surface area (Å²) in [7, 11) is 0. The van der Waals surface area contributed by atoms with Crippen LogP contribution in [0.4, 0.5) is 34.6 Å². The summed E-state index contributed by atoms with van der Waals surface area (Å²) in [6, 6.07) is 5.83. The Balaban J connectivity index is 1.58. The molecule has 1 unspecified atom stereocenters. The monoisotopic (exact) mass is 655 g/mol. The molecule has 3 N–H and O–H groups in total. The zero-order chi connectivity index (χ0) is 29.7. The van der Waals surface area contributed by atoms with E-state index in [0.717, 1.165) is 25.1 Å². The number of amides is 3. The summed E-state index contributed by atoms with van der Waals surface area (Å²) in [6.07, 6.45) is 0. The van der Waals surface area contributed by atoms with E-state index in [1.807, 2.05) is 5.32 Å². The molecule has 40 heavy (non-hydrogen) atoms. The van der Waals surface area contributed by atoms with Gasteiger partial charge in [0.2, 0.25) is 11.8 Å². The first-order valence-electron chi connectivity index (χ1n) is 11.0. The highest BCUT2D eigenvalue weighted by Gasteiger charge is 2.67. The molecule has 1 fully saturated rings. The molecular weight excluding hydrogens is 644 g/mol. The first kappa shape index (κ1) is 30.2. The number of hydrogen-bond acceptors (Lipinski definition) is 3. The fraction of sp³-hybridized carbons (Fsp3) is 0.160. The molecule has 15 heteroatoms. The largest absolute Gasteiger partial charge is 0.326 e. The molecule has 1 saturated carbocycles. The lowest BCUT2D eigenvalue weighted by atomic mass is 10.1. The zero-order valence-electron chi connectivity index (χ0n) is 19.7. The molecule has 4 rings (SSSR count). The predicted octanol–water partition coefficient (Wildman–Crippen LogP) is 7.94. The van der Waals surface area contributed by atoms with E-state index in [4.69, 9.17) is 58.0 Å². The van der Waals surface area contributed by atoms with Crippen molar-refractivity contribution in [1.29, 1.82) is 0 Å². The fourth-order valence-corrected chi connectivity index (χ4v) is 5.44. The lowest BCUT2D eigenvalue weighted by Crippen LogP contribution is -2.20. The number of carbonyl (C=O) groups excluding carboxylic acids is 3. The molecule has 1 aliphatic carbocycles. The Morgan fingerprint density at radius 1 is 0.825 bits per heavy atom. The maximum atomic E-state index is 14.7. The molecule has 0 heterocycles. The molecule has 1 aliphatic rings. The smallest absolute Gasteiger partial charge is 0.258 e. The van der Waals surface area contributed by atoms with Crippen LogP contribution in [0, 0.1) is 29.2 Å². The van der Waals surface area contributed by atoms with Gasteiger partial charge in [0.15, 0.2) is 17.5 Å². The standard InChI is InChI=1S/C25H14Cl5F4N3O3/c1-8(38)35-16-3-2-14(31)22(21(16)34)37-23(39)11-6-10(7-15(32)20(11)33)36-24(40)18-17(25(18,29)30)9-4-12(26)19(28)13(27)5-9/h2-7,17-18H,1H3,(H,35,38)(H,36,40)(H,37,39)/t17-,18?/m0/s1. The molecular formula is C25H14Cl5F4N3O3. The van der Waals surface area contributed by atoms with Crippen molar-refractivity contribution in [3.05, 3.63) is 85.9 Å². The molecule has 3 aromatic rings. The Morgan fingerprint density at radius 2 is 1.45 bits per heavy atom. The van der Waals surface area contributed by atoms with E-state index in [1.165, 1.54) is 12.1 Å². The lowest BCUT2D eigenvalue weighted by molar-refractivity contribution is -0.117. The maximum absolute atomic E-state index is 14.7. The maximum Gasteiger partial charge on any atom is 0.258 e. The van der Waals surface area contributed by atoms with Gasteiger partial charge >= 0.3 is 0 Å². The van der Waals surface area contributed by atoms with Gasteiger partial charge in [0.1, 0.15) is 15.8 Å². The van der Waals surface area contributed by atoms with Crippen molar-refractivity contribution < 1.29 is 31.9 Å². The van der Waals surface area contributed by atoms with Gasteiger partial charge in [-0.25, -0.2) is 17.6 Å². The third-order valence-corrected chi connectivity index (χ3v) is 8.02. The summed E-state index contributed by atoms with van der Waals surface area (Å²) in [5.74, 6) is -10.7. The van der Waals surface area contributed by atoms with Gasteiger partial charge in [-0.3, -0.25) is 14.4 Å². The lowest BCUT2D eigenvalue weighted by Gasteiger charge is -2.13. The summed E-state index contributed by atoms with van der Waals surface area (Å²) in [5.41, 5.74) is -2.49. The van der Waals surface area contributed by atoms with Crippen LogP contribution in [0.25, 0.3) is 0 Å². The van der Waals surface area contributed by atoms with Gasteiger partial charge in [-0.05, 0) is 35.9 Å². The average molecular weight is 658 g/mol. The van der Waals surface area contributed by atoms with Gasteiger partial charge < -0.3 is 16.0 Å². The minimum absolute atomic E-state index is 0.0812. The van der Waals surface area contributed by atoms with Crippen LogP contribution < -0.4 is 16.0 Å². The first-order valence-corrected chi connectivity index (χ1v) is 12.9. The molecule has 3 aromatic carbocycles. The van der Waals surface area contributed by atoms with Crippen molar-refractivity contribution in [2.75, 3.05) is 16.0 Å². The Labute approximate surface area is 248 Å². The van der Waals surface area contributed by atoms with Crippen molar-refractivity contribution in [2.24, 2.45) is 5.92 Å². The topological polar surface area (TPSA) is 87.3 Å². The van der Waals surface area contributed by atoms with E-state index in [9.17, 15) is 31.9 Å². The molecule has 6 nitrogen and oxygen atoms in total. The number of benzene rings is 3. The van der Waals surface area contributed by atoms with Crippen LogP contribution in [0.5, 0.6) is 0 Å². The molecule has 0 saturated heterocycles. The van der Waals surface area contributed by atoms with Crippen LogP contribution in [-0.2, 0) is 9.59 Å². The molecule has 0 bridgehead atoms. The molecule has 3 amide bonds. The average Bonchev–Trinajstić information content (AvgIpc) is 3.45. The summed E-state index contributed by atoms with van der Waals surface area (Å²) < 4.78 is 56.2. The van der Waals surface area contributed by atoms with Gasteiger partial charge in [-0.1, -0.05) is 34.8 Å². The molecule has 2 atom stereocenters. The number of alkyl halides is 2. The number of rotatable bonds is 6. The summed E-state index contributed by atoms with van der Waals surface area (Å²) in [5, 5.41) is 6.46. The summed E-state index contributed by atoms with van der Waals surface area (Å²) >= 11 is 30.7. The van der Waals surface area contributed by atoms with E-state index in [0.29, 0.717) is 11.6 Å². The van der Waals surface area contributed by atoms with Gasteiger partial charge in [0.05, 0.1) is 32.2 Å². The molecule has 0 radical (unpaired) electrons. The van der Waals surface area contributed by atoms with E-state index in [-0.39, 0.29) is 20.8 Å². The number of anilines is 3. The van der Waals surface area contributed by atoms with E-state index < -0.39 is 74.1 Å². The van der Waals surface area contributed by atoms with Gasteiger partial charge in [-0.15, -0.1) is 23.2 Å². The number of nitrogens with one attached hydrogen (secondary N) is 3. The highest BCUT2D eigenvalue weighted by molar-refractivity contribution is 6.54. The van der Waals surface area contributed by atoms with Crippen molar-refractivity contribution in [3.8, 4) is 0 Å². The normalized spacial score (nSPS) is 17.2. The fourth-order valence-electron chi connectivity index (χ4n) is 4.00. The second-order valence-corrected chi connectivity index (χ2v) is 11.3. The van der Waals surface area contributed by atoms with Gasteiger partial charge in [0.25, 0.3) is 5.91 Å². The highest BCUT2D eigenvalue weighted by Crippen LogP contribution is 2.65. The van der Waals surface area contributed by atoms with Crippen molar-refractivity contribution in [2.45, 2.75) is 17.2 Å². The molecule has 0 aromatic heterocycles. The van der Waals surface area contributed by atoms with Crippen LogP contribution >= 0.6 is 58.0 Å². The predicted molar refractivity (Wildman–Crippen MR) is 146 cm³/mol. The van der Waals surface area contributed by atoms with E-state index in [1.54, 1.807) is 0 Å². The van der Waals surface area contributed by atoms with E-state index >= 15 is 0 Å². The van der Waals surface area contributed by atoms with Gasteiger partial charge in [-0.2, -0.15) is 0 Å². The van der Waals surface area contributed by atoms with Crippen LogP contribution in [0.3, 0.4) is 0 Å². The first-order chi connectivity index (χ1) is 18.6. The van der Waals surface area contributed by atoms with E-state index in [2.05, 4.69) is 10.6 Å². The Hall–Kier alpha value is -2.76. The van der Waals surface area contributed by atoms with Crippen LogP contribution in [0.2, 0.25) is 15.1 Å². The van der Waals surface area contributed by atoms with Crippen LogP contribution in [0.1, 0.15) is 28.8 Å². The summed E-state index contributed by atoms with van der Waals surface area (Å²) in [4.78, 5) is 36.9. The Kier molecular flexibility index (Phi) is 8.50. The molecule has 0 spiro atoms. The number of carbonyl (C=O) groups is 3. The van der Waals surface area contributed by atoms with Crippen LogP contribution in [0.15, 0.2) is 36.4 Å². The molecule has 210 valence electrons. The molecule has 0 aliphatic heterocycles. The third kappa shape index (κ3) is 5.82. The SMILES string of the molecule is CC(=O)Nc1ccc(F)c(NC(=O)c2cc(NC(=O)C3[C@H](c4cc(Cl)c(Cl)c(Cl)c4)C3(Cl)Cl)cc(F)c2F)c1F. The van der Waals surface area contributed by atoms with Crippen molar-refractivity contribution >= 4 is 92.8 Å². The second-order valence-electron chi connectivity index (χ2n) is 8.66. The van der Waals surface area contributed by atoms with Crippen LogP contribution in [-0.4, -0.2) is 22.1 Å². The Bertz CT molecular complexity index is 1560. The zero-order valence-corrected chi connectivity index (χ0v) is 23.5.